The van der Waals surface area contributed by atoms with Gasteiger partial charge in [-0.05, 0) is 60.2 Å². The van der Waals surface area contributed by atoms with Crippen LogP contribution in [0.15, 0.2) is 53.7 Å². The highest BCUT2D eigenvalue weighted by atomic mass is 127. The van der Waals surface area contributed by atoms with Crippen molar-refractivity contribution in [3.63, 3.8) is 0 Å². The van der Waals surface area contributed by atoms with Crippen LogP contribution in [0, 0.1) is 10.6 Å². The normalized spacial score (nSPS) is 12.6. The third kappa shape index (κ3) is 2.70. The van der Waals surface area contributed by atoms with E-state index in [4.69, 9.17) is 10.8 Å². The van der Waals surface area contributed by atoms with Gasteiger partial charge in [-0.25, -0.2) is 19.2 Å². The number of nitrogens with zero attached hydrogens (tertiary/aromatic N) is 7. The number of para-hydroxylation sites is 1. The monoisotopic (exact) mass is 512 g/mol. The molecule has 0 saturated carbocycles. The summed E-state index contributed by atoms with van der Waals surface area (Å²) in [7, 11) is 0. The topological polar surface area (TPSA) is 109 Å². The van der Waals surface area contributed by atoms with Crippen LogP contribution in [0.1, 0.15) is 24.4 Å². The second-order valence-corrected chi connectivity index (χ2v) is 8.02. The average Bonchev–Trinajstić information content (AvgIpc) is 3.29. The van der Waals surface area contributed by atoms with E-state index in [1.165, 1.54) is 6.33 Å². The first-order chi connectivity index (χ1) is 14.5. The fourth-order valence-electron chi connectivity index (χ4n) is 3.66. The fraction of sp³-hybridized carbons (Fsp3) is 0.150. The standard InChI is InChI=1S/C20H17IN8O/c1-11-8-9-27-15(11)20(30)28(13-6-4-3-5-7-13)18(26-27)12(2)29-19-14(16(21)25-29)17(22)23-10-24-19/h3-10,12H,1-2H3,(H2,22,23,24)/t12-/m0/s1. The van der Waals surface area contributed by atoms with Gasteiger partial charge in [0.05, 0.1) is 11.1 Å². The van der Waals surface area contributed by atoms with Crippen molar-refractivity contribution in [1.82, 2.24) is 33.9 Å². The Labute approximate surface area is 184 Å². The van der Waals surface area contributed by atoms with Gasteiger partial charge in [-0.1, -0.05) is 18.2 Å². The maximum absolute atomic E-state index is 13.5. The number of hydrogen-bond acceptors (Lipinski definition) is 6. The summed E-state index contributed by atoms with van der Waals surface area (Å²) in [5.74, 6) is 0.903. The van der Waals surface area contributed by atoms with Crippen LogP contribution in [0.4, 0.5) is 5.82 Å². The molecule has 0 aliphatic rings. The lowest BCUT2D eigenvalue weighted by atomic mass is 10.2. The van der Waals surface area contributed by atoms with E-state index in [2.05, 4.69) is 37.7 Å². The van der Waals surface area contributed by atoms with Gasteiger partial charge in [0.15, 0.2) is 11.5 Å². The predicted molar refractivity (Wildman–Crippen MR) is 122 cm³/mol. The molecule has 4 aromatic heterocycles. The molecule has 0 aliphatic carbocycles. The van der Waals surface area contributed by atoms with Crippen LogP contribution in [0.2, 0.25) is 0 Å². The Morgan fingerprint density at radius 1 is 1.10 bits per heavy atom. The summed E-state index contributed by atoms with van der Waals surface area (Å²) in [6.07, 6.45) is 3.21. The van der Waals surface area contributed by atoms with Crippen LogP contribution in [0.3, 0.4) is 0 Å². The minimum absolute atomic E-state index is 0.138. The van der Waals surface area contributed by atoms with Crippen LogP contribution in [-0.2, 0) is 0 Å². The highest BCUT2D eigenvalue weighted by Gasteiger charge is 2.24. The van der Waals surface area contributed by atoms with Gasteiger partial charge in [0.2, 0.25) is 0 Å². The molecule has 30 heavy (non-hydrogen) atoms. The number of hydrogen-bond donors (Lipinski definition) is 1. The minimum atomic E-state index is -0.398. The van der Waals surface area contributed by atoms with Gasteiger partial charge < -0.3 is 5.73 Å². The van der Waals surface area contributed by atoms with Gasteiger partial charge in [0.1, 0.15) is 27.4 Å². The van der Waals surface area contributed by atoms with Crippen molar-refractivity contribution in [2.75, 3.05) is 5.73 Å². The summed E-state index contributed by atoms with van der Waals surface area (Å²) >= 11 is 2.12. The van der Waals surface area contributed by atoms with Crippen LogP contribution in [0.5, 0.6) is 0 Å². The smallest absolute Gasteiger partial charge is 0.282 e. The molecular formula is C20H17IN8O. The molecule has 0 unspecified atom stereocenters. The summed E-state index contributed by atoms with van der Waals surface area (Å²) in [6, 6.07) is 11.0. The van der Waals surface area contributed by atoms with Gasteiger partial charge in [0, 0.05) is 6.20 Å². The molecule has 0 radical (unpaired) electrons. The number of aromatic nitrogens is 7. The third-order valence-corrected chi connectivity index (χ3v) is 5.90. The molecule has 2 N–H and O–H groups in total. The summed E-state index contributed by atoms with van der Waals surface area (Å²) in [6.45, 7) is 3.84. The van der Waals surface area contributed by atoms with Crippen molar-refractivity contribution in [3.8, 4) is 5.69 Å². The molecule has 0 fully saturated rings. The third-order valence-electron chi connectivity index (χ3n) is 5.14. The second kappa shape index (κ2) is 6.90. The summed E-state index contributed by atoms with van der Waals surface area (Å²) in [5, 5.41) is 10.1. The zero-order chi connectivity index (χ0) is 21.0. The quantitative estimate of drug-likeness (QED) is 0.373. The lowest BCUT2D eigenvalue weighted by Crippen LogP contribution is -2.29. The molecule has 0 saturated heterocycles. The van der Waals surface area contributed by atoms with Gasteiger partial charge in [-0.3, -0.25) is 9.36 Å². The van der Waals surface area contributed by atoms with Crippen LogP contribution in [0.25, 0.3) is 22.2 Å². The maximum Gasteiger partial charge on any atom is 0.282 e. The van der Waals surface area contributed by atoms with Gasteiger partial charge in [-0.15, -0.1) is 0 Å². The zero-order valence-corrected chi connectivity index (χ0v) is 18.3. The molecule has 1 atom stereocenters. The number of anilines is 1. The Morgan fingerprint density at radius 3 is 2.63 bits per heavy atom. The van der Waals surface area contributed by atoms with Crippen LogP contribution < -0.4 is 11.3 Å². The van der Waals surface area contributed by atoms with Crippen LogP contribution in [-0.4, -0.2) is 33.9 Å². The van der Waals surface area contributed by atoms with Crippen LogP contribution >= 0.6 is 22.6 Å². The van der Waals surface area contributed by atoms with Gasteiger partial charge >= 0.3 is 0 Å². The SMILES string of the molecule is Cc1ccn2nc([C@H](C)n3nc(I)c4c(N)ncnc43)n(-c3ccccc3)c(=O)c12. The molecule has 5 aromatic rings. The molecule has 1 aromatic carbocycles. The number of benzene rings is 1. The van der Waals surface area contributed by atoms with E-state index in [9.17, 15) is 4.79 Å². The molecule has 0 amide bonds. The number of fused-ring (bicyclic) bond motifs is 2. The number of nitrogen functional groups attached to an aromatic ring is 1. The number of halogens is 1. The molecule has 9 nitrogen and oxygen atoms in total. The van der Waals surface area contributed by atoms with Gasteiger partial charge in [0.25, 0.3) is 5.56 Å². The van der Waals surface area contributed by atoms with Crippen molar-refractivity contribution in [2.24, 2.45) is 0 Å². The van der Waals surface area contributed by atoms with Crippen molar-refractivity contribution < 1.29 is 0 Å². The molecule has 10 heteroatoms. The van der Waals surface area contributed by atoms with Crippen molar-refractivity contribution in [1.29, 1.82) is 0 Å². The Bertz CT molecular complexity index is 1470. The lowest BCUT2D eigenvalue weighted by molar-refractivity contribution is 0.516. The summed E-state index contributed by atoms with van der Waals surface area (Å²) in [4.78, 5) is 22.0. The molecule has 150 valence electrons. The first-order valence-electron chi connectivity index (χ1n) is 9.28. The molecular weight excluding hydrogens is 495 g/mol. The Hall–Kier alpha value is -3.28. The largest absolute Gasteiger partial charge is 0.383 e. The Morgan fingerprint density at radius 2 is 1.87 bits per heavy atom. The lowest BCUT2D eigenvalue weighted by Gasteiger charge is -2.19. The van der Waals surface area contributed by atoms with E-state index in [1.807, 2.05) is 50.2 Å². The first kappa shape index (κ1) is 18.7. The predicted octanol–water partition coefficient (Wildman–Crippen LogP) is 2.73. The van der Waals surface area contributed by atoms with E-state index >= 15 is 0 Å². The van der Waals surface area contributed by atoms with Crippen molar-refractivity contribution in [3.05, 3.63) is 74.4 Å². The van der Waals surface area contributed by atoms with Crippen molar-refractivity contribution in [2.45, 2.75) is 19.9 Å². The average molecular weight is 512 g/mol. The first-order valence-corrected chi connectivity index (χ1v) is 10.4. The maximum atomic E-state index is 13.5. The summed E-state index contributed by atoms with van der Waals surface area (Å²) in [5.41, 5.74) is 8.65. The van der Waals surface area contributed by atoms with Crippen molar-refractivity contribution >= 4 is 45.0 Å². The molecule has 4 heterocycles. The van der Waals surface area contributed by atoms with Gasteiger partial charge in [-0.2, -0.15) is 10.2 Å². The highest BCUT2D eigenvalue weighted by molar-refractivity contribution is 14.1. The van der Waals surface area contributed by atoms with E-state index in [-0.39, 0.29) is 5.56 Å². The molecule has 0 spiro atoms. The molecule has 0 bridgehead atoms. The second-order valence-electron chi connectivity index (χ2n) is 7.00. The zero-order valence-electron chi connectivity index (χ0n) is 16.2. The van der Waals surface area contributed by atoms with E-state index in [0.717, 1.165) is 11.3 Å². The molecule has 5 rings (SSSR count). The summed E-state index contributed by atoms with van der Waals surface area (Å²) < 4.78 is 5.69. The van der Waals surface area contributed by atoms with E-state index < -0.39 is 6.04 Å². The number of aryl methyl sites for hydroxylation is 1. The van der Waals surface area contributed by atoms with E-state index in [1.54, 1.807) is 20.0 Å². The minimum Gasteiger partial charge on any atom is -0.383 e. The number of rotatable bonds is 3. The molecule has 0 aliphatic heterocycles. The number of nitrogens with two attached hydrogens (primary N) is 1. The Balaban J connectivity index is 1.83. The van der Waals surface area contributed by atoms with E-state index in [0.29, 0.717) is 31.9 Å². The highest BCUT2D eigenvalue weighted by Crippen LogP contribution is 2.27. The fourth-order valence-corrected chi connectivity index (χ4v) is 4.41. The Kier molecular flexibility index (Phi) is 4.31.